The van der Waals surface area contributed by atoms with Crippen LogP contribution in [0.3, 0.4) is 0 Å². The van der Waals surface area contributed by atoms with Crippen molar-refractivity contribution >= 4 is 6.29 Å². The highest BCUT2D eigenvalue weighted by atomic mass is 16.3. The van der Waals surface area contributed by atoms with Crippen molar-refractivity contribution in [2.45, 2.75) is 38.6 Å². The van der Waals surface area contributed by atoms with Gasteiger partial charge in [0, 0.05) is 6.54 Å². The SMILES string of the molecule is CCCn1nc(C)c(O)c1C1(C=O)C=CC=CC1. The number of carbonyl (C=O) groups is 1. The van der Waals surface area contributed by atoms with E-state index in [2.05, 4.69) is 5.10 Å². The molecule has 1 heterocycles. The molecule has 0 spiro atoms. The van der Waals surface area contributed by atoms with E-state index in [1.165, 1.54) is 0 Å². The summed E-state index contributed by atoms with van der Waals surface area (Å²) in [5.74, 6) is 0.135. The molecule has 0 fully saturated rings. The number of aromatic nitrogens is 2. The molecule has 18 heavy (non-hydrogen) atoms. The van der Waals surface area contributed by atoms with Crippen LogP contribution in [0.5, 0.6) is 5.75 Å². The van der Waals surface area contributed by atoms with E-state index in [4.69, 9.17) is 0 Å². The van der Waals surface area contributed by atoms with Crippen molar-refractivity contribution in [1.82, 2.24) is 9.78 Å². The third-order valence-corrected chi connectivity index (χ3v) is 3.28. The van der Waals surface area contributed by atoms with Crippen LogP contribution in [0, 0.1) is 6.92 Å². The Balaban J connectivity index is 2.57. The van der Waals surface area contributed by atoms with Gasteiger partial charge in [-0.05, 0) is 19.8 Å². The van der Waals surface area contributed by atoms with Crippen LogP contribution in [0.2, 0.25) is 0 Å². The fourth-order valence-corrected chi connectivity index (χ4v) is 2.36. The number of hydrogen-bond donors (Lipinski definition) is 1. The fraction of sp³-hybridized carbons (Fsp3) is 0.429. The van der Waals surface area contributed by atoms with Gasteiger partial charge in [-0.1, -0.05) is 31.2 Å². The Kier molecular flexibility index (Phi) is 3.36. The van der Waals surface area contributed by atoms with E-state index in [0.29, 0.717) is 24.4 Å². The summed E-state index contributed by atoms with van der Waals surface area (Å²) < 4.78 is 1.75. The number of allylic oxidation sites excluding steroid dienone is 4. The van der Waals surface area contributed by atoms with Crippen LogP contribution in [0.1, 0.15) is 31.2 Å². The van der Waals surface area contributed by atoms with Crippen LogP contribution in [-0.4, -0.2) is 21.2 Å². The van der Waals surface area contributed by atoms with Crippen molar-refractivity contribution in [3.05, 3.63) is 35.7 Å². The van der Waals surface area contributed by atoms with Crippen molar-refractivity contribution in [3.63, 3.8) is 0 Å². The van der Waals surface area contributed by atoms with E-state index in [1.54, 1.807) is 11.6 Å². The summed E-state index contributed by atoms with van der Waals surface area (Å²) in [6, 6.07) is 0. The number of aromatic hydroxyl groups is 1. The Bertz CT molecular complexity index is 514. The molecular weight excluding hydrogens is 228 g/mol. The highest BCUT2D eigenvalue weighted by molar-refractivity contribution is 5.74. The third kappa shape index (κ3) is 1.88. The van der Waals surface area contributed by atoms with Gasteiger partial charge in [0.05, 0.1) is 11.1 Å². The number of aldehydes is 1. The molecule has 1 aromatic rings. The molecule has 0 saturated heterocycles. The lowest BCUT2D eigenvalue weighted by molar-refractivity contribution is -0.111. The van der Waals surface area contributed by atoms with Crippen molar-refractivity contribution in [2.75, 3.05) is 0 Å². The number of carbonyl (C=O) groups excluding carboxylic acids is 1. The van der Waals surface area contributed by atoms with Gasteiger partial charge in [-0.3, -0.25) is 4.68 Å². The van der Waals surface area contributed by atoms with Gasteiger partial charge in [0.1, 0.15) is 12.0 Å². The lowest BCUT2D eigenvalue weighted by Crippen LogP contribution is -2.29. The van der Waals surface area contributed by atoms with Gasteiger partial charge in [-0.15, -0.1) is 0 Å². The Hall–Kier alpha value is -1.84. The molecule has 1 unspecified atom stereocenters. The Morgan fingerprint density at radius 1 is 1.56 bits per heavy atom. The Labute approximate surface area is 107 Å². The molecule has 4 heteroatoms. The highest BCUT2D eigenvalue weighted by Crippen LogP contribution is 2.37. The van der Waals surface area contributed by atoms with Gasteiger partial charge >= 0.3 is 0 Å². The van der Waals surface area contributed by atoms with Crippen LogP contribution in [0.15, 0.2) is 24.3 Å². The molecule has 1 aromatic heterocycles. The topological polar surface area (TPSA) is 55.1 Å². The smallest absolute Gasteiger partial charge is 0.161 e. The largest absolute Gasteiger partial charge is 0.504 e. The molecule has 1 N–H and O–H groups in total. The summed E-state index contributed by atoms with van der Waals surface area (Å²) in [4.78, 5) is 11.6. The zero-order valence-corrected chi connectivity index (χ0v) is 10.8. The second kappa shape index (κ2) is 4.80. The van der Waals surface area contributed by atoms with E-state index in [9.17, 15) is 9.90 Å². The first-order chi connectivity index (χ1) is 8.64. The minimum absolute atomic E-state index is 0.135. The first-order valence-electron chi connectivity index (χ1n) is 6.22. The second-order valence-electron chi connectivity index (χ2n) is 4.66. The molecule has 1 aliphatic rings. The van der Waals surface area contributed by atoms with Crippen LogP contribution in [0.25, 0.3) is 0 Å². The number of rotatable bonds is 4. The van der Waals surface area contributed by atoms with Crippen LogP contribution in [0.4, 0.5) is 0 Å². The third-order valence-electron chi connectivity index (χ3n) is 3.28. The summed E-state index contributed by atoms with van der Waals surface area (Å²) in [5, 5.41) is 14.5. The number of hydrogen-bond acceptors (Lipinski definition) is 3. The molecule has 96 valence electrons. The molecule has 0 bridgehead atoms. The maximum atomic E-state index is 11.6. The fourth-order valence-electron chi connectivity index (χ4n) is 2.36. The molecule has 0 saturated carbocycles. The lowest BCUT2D eigenvalue weighted by Gasteiger charge is -2.26. The molecule has 2 rings (SSSR count). The normalized spacial score (nSPS) is 22.3. The van der Waals surface area contributed by atoms with Crippen LogP contribution in [-0.2, 0) is 16.8 Å². The summed E-state index contributed by atoms with van der Waals surface area (Å²) in [7, 11) is 0. The van der Waals surface area contributed by atoms with E-state index in [1.807, 2.05) is 31.2 Å². The van der Waals surface area contributed by atoms with Crippen molar-refractivity contribution < 1.29 is 9.90 Å². The Morgan fingerprint density at radius 2 is 2.33 bits per heavy atom. The van der Waals surface area contributed by atoms with Crippen molar-refractivity contribution in [1.29, 1.82) is 0 Å². The maximum absolute atomic E-state index is 11.6. The van der Waals surface area contributed by atoms with E-state index >= 15 is 0 Å². The molecule has 1 aliphatic carbocycles. The summed E-state index contributed by atoms with van der Waals surface area (Å²) >= 11 is 0. The van der Waals surface area contributed by atoms with E-state index in [0.717, 1.165) is 12.7 Å². The summed E-state index contributed by atoms with van der Waals surface area (Å²) in [6.45, 7) is 4.50. The van der Waals surface area contributed by atoms with E-state index in [-0.39, 0.29) is 5.75 Å². The highest BCUT2D eigenvalue weighted by Gasteiger charge is 2.36. The maximum Gasteiger partial charge on any atom is 0.161 e. The molecular formula is C14H18N2O2. The lowest BCUT2D eigenvalue weighted by atomic mass is 9.79. The Morgan fingerprint density at radius 3 is 2.89 bits per heavy atom. The summed E-state index contributed by atoms with van der Waals surface area (Å²) in [6.07, 6.45) is 9.89. The molecule has 4 nitrogen and oxygen atoms in total. The quantitative estimate of drug-likeness (QED) is 0.829. The van der Waals surface area contributed by atoms with Crippen molar-refractivity contribution in [2.24, 2.45) is 0 Å². The minimum Gasteiger partial charge on any atom is -0.504 e. The van der Waals surface area contributed by atoms with Gasteiger partial charge < -0.3 is 9.90 Å². The monoisotopic (exact) mass is 246 g/mol. The zero-order valence-electron chi connectivity index (χ0n) is 10.8. The van der Waals surface area contributed by atoms with E-state index < -0.39 is 5.41 Å². The molecule has 0 amide bonds. The predicted octanol–water partition coefficient (Wildman–Crippen LogP) is 2.26. The zero-order chi connectivity index (χ0) is 13.2. The van der Waals surface area contributed by atoms with Crippen molar-refractivity contribution in [3.8, 4) is 5.75 Å². The molecule has 0 aliphatic heterocycles. The van der Waals surface area contributed by atoms with Crippen LogP contribution >= 0.6 is 0 Å². The minimum atomic E-state index is -0.782. The molecule has 0 aromatic carbocycles. The number of nitrogens with zero attached hydrogens (tertiary/aromatic N) is 2. The standard InChI is InChI=1S/C14H18N2O2/c1-3-9-16-13(12(18)11(2)15-16)14(10-17)7-5-4-6-8-14/h4-7,10,18H,3,8-9H2,1-2H3. The first kappa shape index (κ1) is 12.6. The van der Waals surface area contributed by atoms with Gasteiger partial charge in [-0.25, -0.2) is 0 Å². The van der Waals surface area contributed by atoms with Crippen LogP contribution < -0.4 is 0 Å². The first-order valence-corrected chi connectivity index (χ1v) is 6.22. The predicted molar refractivity (Wildman–Crippen MR) is 69.6 cm³/mol. The second-order valence-corrected chi connectivity index (χ2v) is 4.66. The molecule has 0 radical (unpaired) electrons. The van der Waals surface area contributed by atoms with Gasteiger partial charge in [0.25, 0.3) is 0 Å². The molecule has 1 atom stereocenters. The van der Waals surface area contributed by atoms with Gasteiger partial charge in [0.15, 0.2) is 5.75 Å². The average molecular weight is 246 g/mol. The van der Waals surface area contributed by atoms with Gasteiger partial charge in [-0.2, -0.15) is 5.10 Å². The average Bonchev–Trinajstić information content (AvgIpc) is 2.67. The van der Waals surface area contributed by atoms with Gasteiger partial charge in [0.2, 0.25) is 0 Å². The number of aryl methyl sites for hydroxylation is 2. The summed E-state index contributed by atoms with van der Waals surface area (Å²) in [5.41, 5.74) is 0.398.